The van der Waals surface area contributed by atoms with E-state index in [9.17, 15) is 0 Å². The molecule has 0 radical (unpaired) electrons. The zero-order chi connectivity index (χ0) is 15.1. The lowest BCUT2D eigenvalue weighted by atomic mass is 9.89. The molecule has 0 aliphatic heterocycles. The Bertz CT molecular complexity index is 415. The van der Waals surface area contributed by atoms with Gasteiger partial charge in [0.2, 0.25) is 0 Å². The first kappa shape index (κ1) is 16.8. The highest BCUT2D eigenvalue weighted by molar-refractivity contribution is 6.31. The Hall–Kier alpha value is -0.570. The van der Waals surface area contributed by atoms with Crippen LogP contribution in [0.4, 0.5) is 0 Å². The molecule has 0 bridgehead atoms. The van der Waals surface area contributed by atoms with Crippen LogP contribution < -0.4 is 5.32 Å². The van der Waals surface area contributed by atoms with Gasteiger partial charge in [-0.25, -0.2) is 0 Å². The first-order valence-electron chi connectivity index (χ1n) is 8.31. The first-order valence-corrected chi connectivity index (χ1v) is 8.69. The van der Waals surface area contributed by atoms with Crippen LogP contribution in [0, 0.1) is 5.92 Å². The second-order valence-electron chi connectivity index (χ2n) is 6.23. The van der Waals surface area contributed by atoms with E-state index in [1.165, 1.54) is 25.7 Å². The maximum atomic E-state index is 6.41. The van der Waals surface area contributed by atoms with Crippen LogP contribution in [0.25, 0.3) is 0 Å². The summed E-state index contributed by atoms with van der Waals surface area (Å²) in [6, 6.07) is 8.06. The minimum absolute atomic E-state index is 0.0589. The molecule has 2 nitrogen and oxygen atoms in total. The topological polar surface area (TPSA) is 21.3 Å². The number of rotatable bonds is 7. The third kappa shape index (κ3) is 5.28. The Labute approximate surface area is 134 Å². The van der Waals surface area contributed by atoms with E-state index < -0.39 is 0 Å². The summed E-state index contributed by atoms with van der Waals surface area (Å²) >= 11 is 6.36. The molecule has 2 rings (SSSR count). The fraction of sp³-hybridized carbons (Fsp3) is 0.667. The highest BCUT2D eigenvalue weighted by Crippen LogP contribution is 2.32. The molecule has 0 amide bonds. The standard InChI is InChI=1S/C18H28ClNO/c1-3-12-20-13-18(16-6-4-5-7-17(16)19)21-15-10-8-14(2)9-11-15/h4-7,14-15,18,20H,3,8-13H2,1-2H3. The fourth-order valence-electron chi connectivity index (χ4n) is 2.98. The predicted octanol–water partition coefficient (Wildman–Crippen LogP) is 4.98. The molecule has 1 aliphatic carbocycles. The number of hydrogen-bond acceptors (Lipinski definition) is 2. The van der Waals surface area contributed by atoms with Crippen LogP contribution in [0.3, 0.4) is 0 Å². The van der Waals surface area contributed by atoms with E-state index in [0.717, 1.165) is 36.0 Å². The lowest BCUT2D eigenvalue weighted by Crippen LogP contribution is -2.29. The fourth-order valence-corrected chi connectivity index (χ4v) is 3.23. The molecule has 1 atom stereocenters. The zero-order valence-corrected chi connectivity index (χ0v) is 14.0. The van der Waals surface area contributed by atoms with Gasteiger partial charge in [-0.3, -0.25) is 0 Å². The summed E-state index contributed by atoms with van der Waals surface area (Å²) < 4.78 is 6.41. The molecule has 1 N–H and O–H groups in total. The molecule has 0 aromatic heterocycles. The van der Waals surface area contributed by atoms with E-state index in [1.54, 1.807) is 0 Å². The monoisotopic (exact) mass is 309 g/mol. The third-order valence-corrected chi connectivity index (χ3v) is 4.67. The van der Waals surface area contributed by atoms with Crippen LogP contribution in [0.2, 0.25) is 5.02 Å². The summed E-state index contributed by atoms with van der Waals surface area (Å²) in [6.07, 6.45) is 6.49. The molecule has 1 aromatic carbocycles. The average molecular weight is 310 g/mol. The summed E-state index contributed by atoms with van der Waals surface area (Å²) in [4.78, 5) is 0. The zero-order valence-electron chi connectivity index (χ0n) is 13.3. The van der Waals surface area contributed by atoms with Crippen molar-refractivity contribution in [2.24, 2.45) is 5.92 Å². The van der Waals surface area contributed by atoms with Gasteiger partial charge in [-0.05, 0) is 50.6 Å². The van der Waals surface area contributed by atoms with Gasteiger partial charge >= 0.3 is 0 Å². The first-order chi connectivity index (χ1) is 10.2. The summed E-state index contributed by atoms with van der Waals surface area (Å²) in [5.74, 6) is 0.849. The Morgan fingerprint density at radius 1 is 1.24 bits per heavy atom. The van der Waals surface area contributed by atoms with Crippen molar-refractivity contribution in [2.75, 3.05) is 13.1 Å². The number of nitrogens with one attached hydrogen (secondary N) is 1. The van der Waals surface area contributed by atoms with Gasteiger partial charge in [-0.15, -0.1) is 0 Å². The molecule has 0 heterocycles. The van der Waals surface area contributed by atoms with Crippen LogP contribution in [-0.2, 0) is 4.74 Å². The minimum Gasteiger partial charge on any atom is -0.369 e. The summed E-state index contributed by atoms with van der Waals surface area (Å²) in [5, 5.41) is 4.29. The number of halogens is 1. The van der Waals surface area contributed by atoms with Crippen LogP contribution in [0.1, 0.15) is 57.6 Å². The van der Waals surface area contributed by atoms with E-state index in [-0.39, 0.29) is 6.10 Å². The molecule has 1 saturated carbocycles. The summed E-state index contributed by atoms with van der Waals surface area (Å²) in [7, 11) is 0. The summed E-state index contributed by atoms with van der Waals surface area (Å²) in [6.45, 7) is 6.38. The van der Waals surface area contributed by atoms with Gasteiger partial charge in [0, 0.05) is 17.1 Å². The van der Waals surface area contributed by atoms with Gasteiger partial charge in [-0.2, -0.15) is 0 Å². The predicted molar refractivity (Wildman–Crippen MR) is 89.9 cm³/mol. The molecule has 0 saturated heterocycles. The van der Waals surface area contributed by atoms with Gasteiger partial charge < -0.3 is 10.1 Å². The second kappa shape index (κ2) is 8.77. The molecule has 0 spiro atoms. The Kier molecular flexibility index (Phi) is 7.01. The smallest absolute Gasteiger partial charge is 0.0967 e. The molecule has 21 heavy (non-hydrogen) atoms. The second-order valence-corrected chi connectivity index (χ2v) is 6.64. The van der Waals surface area contributed by atoms with Gasteiger partial charge in [0.05, 0.1) is 12.2 Å². The molecule has 118 valence electrons. The number of benzene rings is 1. The molecular formula is C18H28ClNO. The maximum Gasteiger partial charge on any atom is 0.0967 e. The molecule has 1 aromatic rings. The largest absolute Gasteiger partial charge is 0.369 e. The normalized spacial score (nSPS) is 24.0. The molecule has 1 aliphatic rings. The van der Waals surface area contributed by atoms with E-state index in [0.29, 0.717) is 6.10 Å². The minimum atomic E-state index is 0.0589. The lowest BCUT2D eigenvalue weighted by Gasteiger charge is -2.31. The van der Waals surface area contributed by atoms with E-state index in [4.69, 9.17) is 16.3 Å². The number of hydrogen-bond donors (Lipinski definition) is 1. The van der Waals surface area contributed by atoms with Gasteiger partial charge in [-0.1, -0.05) is 43.6 Å². The molecule has 3 heteroatoms. The SMILES string of the molecule is CCCNCC(OC1CCC(C)CC1)c1ccccc1Cl. The van der Waals surface area contributed by atoms with Crippen molar-refractivity contribution >= 4 is 11.6 Å². The van der Waals surface area contributed by atoms with Gasteiger partial charge in [0.1, 0.15) is 0 Å². The molecule has 1 unspecified atom stereocenters. The van der Waals surface area contributed by atoms with Crippen LogP contribution in [0.5, 0.6) is 0 Å². The van der Waals surface area contributed by atoms with Crippen LogP contribution >= 0.6 is 11.6 Å². The Morgan fingerprint density at radius 2 is 1.95 bits per heavy atom. The molecular weight excluding hydrogens is 282 g/mol. The van der Waals surface area contributed by atoms with Crippen molar-refractivity contribution < 1.29 is 4.74 Å². The van der Waals surface area contributed by atoms with Gasteiger partial charge in [0.25, 0.3) is 0 Å². The van der Waals surface area contributed by atoms with E-state index in [2.05, 4.69) is 25.2 Å². The van der Waals surface area contributed by atoms with E-state index in [1.807, 2.05) is 18.2 Å². The number of ether oxygens (including phenoxy) is 1. The van der Waals surface area contributed by atoms with Crippen molar-refractivity contribution in [2.45, 2.75) is 58.2 Å². The van der Waals surface area contributed by atoms with E-state index >= 15 is 0 Å². The van der Waals surface area contributed by atoms with Gasteiger partial charge in [0.15, 0.2) is 0 Å². The Balaban J connectivity index is 2.00. The summed E-state index contributed by atoms with van der Waals surface area (Å²) in [5.41, 5.74) is 1.11. The lowest BCUT2D eigenvalue weighted by molar-refractivity contribution is -0.0361. The quantitative estimate of drug-likeness (QED) is 0.717. The average Bonchev–Trinajstić information content (AvgIpc) is 2.49. The van der Waals surface area contributed by atoms with Crippen LogP contribution in [-0.4, -0.2) is 19.2 Å². The van der Waals surface area contributed by atoms with Crippen LogP contribution in [0.15, 0.2) is 24.3 Å². The highest BCUT2D eigenvalue weighted by Gasteiger charge is 2.24. The van der Waals surface area contributed by atoms with Crippen molar-refractivity contribution in [3.8, 4) is 0 Å². The third-order valence-electron chi connectivity index (χ3n) is 4.33. The van der Waals surface area contributed by atoms with Crippen molar-refractivity contribution in [1.29, 1.82) is 0 Å². The highest BCUT2D eigenvalue weighted by atomic mass is 35.5. The van der Waals surface area contributed by atoms with Crippen molar-refractivity contribution in [3.05, 3.63) is 34.9 Å². The Morgan fingerprint density at radius 3 is 2.62 bits per heavy atom. The molecule has 1 fully saturated rings. The van der Waals surface area contributed by atoms with Crippen molar-refractivity contribution in [3.63, 3.8) is 0 Å². The maximum absolute atomic E-state index is 6.41. The van der Waals surface area contributed by atoms with Crippen molar-refractivity contribution in [1.82, 2.24) is 5.32 Å².